The molecule has 2 aromatic carbocycles. The summed E-state index contributed by atoms with van der Waals surface area (Å²) in [5, 5.41) is 3.27. The van der Waals surface area contributed by atoms with E-state index < -0.39 is 10.0 Å². The lowest BCUT2D eigenvalue weighted by atomic mass is 10.2. The fourth-order valence-electron chi connectivity index (χ4n) is 2.58. The molecule has 0 radical (unpaired) electrons. The second-order valence-corrected chi connectivity index (χ2v) is 8.79. The SMILES string of the molecule is CC[C@@H](C)NC(=O)CN(c1ccc(Cl)cc1)S(=O)(=O)c1cc(C)ccc1OC. The van der Waals surface area contributed by atoms with Gasteiger partial charge in [0.2, 0.25) is 5.91 Å². The van der Waals surface area contributed by atoms with E-state index in [2.05, 4.69) is 5.32 Å². The molecule has 28 heavy (non-hydrogen) atoms. The molecule has 0 aliphatic carbocycles. The number of methoxy groups -OCH3 is 1. The first-order valence-electron chi connectivity index (χ1n) is 8.91. The Balaban J connectivity index is 2.52. The molecule has 0 aromatic heterocycles. The Labute approximate surface area is 171 Å². The average molecular weight is 425 g/mol. The Morgan fingerprint density at radius 2 is 1.86 bits per heavy atom. The molecule has 0 saturated heterocycles. The molecule has 2 rings (SSSR count). The Morgan fingerprint density at radius 1 is 1.21 bits per heavy atom. The molecule has 2 aromatic rings. The third-order valence-corrected chi connectivity index (χ3v) is 6.36. The number of sulfonamides is 1. The third kappa shape index (κ3) is 5.17. The van der Waals surface area contributed by atoms with E-state index in [1.807, 2.05) is 13.8 Å². The van der Waals surface area contributed by atoms with Gasteiger partial charge in [0, 0.05) is 11.1 Å². The van der Waals surface area contributed by atoms with Crippen LogP contribution in [0.15, 0.2) is 47.4 Å². The highest BCUT2D eigenvalue weighted by Gasteiger charge is 2.30. The van der Waals surface area contributed by atoms with Gasteiger partial charge in [-0.2, -0.15) is 0 Å². The van der Waals surface area contributed by atoms with Crippen molar-refractivity contribution >= 4 is 33.2 Å². The number of amides is 1. The van der Waals surface area contributed by atoms with Gasteiger partial charge in [-0.1, -0.05) is 24.6 Å². The molecular weight excluding hydrogens is 400 g/mol. The number of halogens is 1. The van der Waals surface area contributed by atoms with Crippen LogP contribution in [-0.4, -0.2) is 34.0 Å². The maximum absolute atomic E-state index is 13.5. The molecule has 0 heterocycles. The standard InChI is InChI=1S/C20H25ClN2O4S/c1-5-15(3)22-20(24)13-23(17-9-7-16(21)8-10-17)28(25,26)19-12-14(2)6-11-18(19)27-4/h6-12,15H,5,13H2,1-4H3,(H,22,24)/t15-/m1/s1. The summed E-state index contributed by atoms with van der Waals surface area (Å²) >= 11 is 5.94. The number of carbonyl (C=O) groups is 1. The number of aryl methyl sites for hydroxylation is 1. The predicted molar refractivity (Wildman–Crippen MR) is 112 cm³/mol. The molecule has 1 amide bonds. The van der Waals surface area contributed by atoms with E-state index in [0.29, 0.717) is 10.7 Å². The van der Waals surface area contributed by atoms with Crippen molar-refractivity contribution in [2.45, 2.75) is 38.1 Å². The summed E-state index contributed by atoms with van der Waals surface area (Å²) < 4.78 is 33.3. The quantitative estimate of drug-likeness (QED) is 0.699. The number of hydrogen-bond donors (Lipinski definition) is 1. The zero-order valence-corrected chi connectivity index (χ0v) is 18.0. The van der Waals surface area contributed by atoms with Crippen molar-refractivity contribution in [1.82, 2.24) is 5.32 Å². The van der Waals surface area contributed by atoms with Gasteiger partial charge in [-0.25, -0.2) is 8.42 Å². The third-order valence-electron chi connectivity index (χ3n) is 4.31. The molecular formula is C20H25ClN2O4S. The molecule has 0 spiro atoms. The van der Waals surface area contributed by atoms with E-state index in [9.17, 15) is 13.2 Å². The van der Waals surface area contributed by atoms with Gasteiger partial charge in [-0.3, -0.25) is 9.10 Å². The summed E-state index contributed by atoms with van der Waals surface area (Å²) in [4.78, 5) is 12.5. The van der Waals surface area contributed by atoms with Gasteiger partial charge in [0.15, 0.2) is 0 Å². The monoisotopic (exact) mass is 424 g/mol. The van der Waals surface area contributed by atoms with Crippen LogP contribution < -0.4 is 14.4 Å². The van der Waals surface area contributed by atoms with Crippen LogP contribution >= 0.6 is 11.6 Å². The van der Waals surface area contributed by atoms with E-state index >= 15 is 0 Å². The number of anilines is 1. The minimum absolute atomic E-state index is 0.00119. The van der Waals surface area contributed by atoms with Crippen LogP contribution in [-0.2, 0) is 14.8 Å². The van der Waals surface area contributed by atoms with Gasteiger partial charge in [0.1, 0.15) is 17.2 Å². The van der Waals surface area contributed by atoms with Crippen LogP contribution in [0.1, 0.15) is 25.8 Å². The fourth-order valence-corrected chi connectivity index (χ4v) is 4.37. The maximum atomic E-state index is 13.5. The van der Waals surface area contributed by atoms with Gasteiger partial charge >= 0.3 is 0 Å². The van der Waals surface area contributed by atoms with Crippen molar-refractivity contribution in [3.63, 3.8) is 0 Å². The Bertz CT molecular complexity index is 930. The zero-order valence-electron chi connectivity index (χ0n) is 16.4. The highest BCUT2D eigenvalue weighted by Crippen LogP contribution is 2.31. The molecule has 1 N–H and O–H groups in total. The van der Waals surface area contributed by atoms with Crippen molar-refractivity contribution in [2.75, 3.05) is 18.0 Å². The number of ether oxygens (including phenoxy) is 1. The molecule has 152 valence electrons. The summed E-state index contributed by atoms with van der Waals surface area (Å²) in [7, 11) is -2.66. The van der Waals surface area contributed by atoms with Gasteiger partial charge in [0.05, 0.1) is 12.8 Å². The van der Waals surface area contributed by atoms with Gasteiger partial charge in [-0.15, -0.1) is 0 Å². The summed E-state index contributed by atoms with van der Waals surface area (Å²) in [5.41, 5.74) is 1.10. The first-order valence-corrected chi connectivity index (χ1v) is 10.7. The van der Waals surface area contributed by atoms with Crippen molar-refractivity contribution in [2.24, 2.45) is 0 Å². The van der Waals surface area contributed by atoms with Crippen LogP contribution in [0.3, 0.4) is 0 Å². The molecule has 0 aliphatic rings. The smallest absolute Gasteiger partial charge is 0.268 e. The van der Waals surface area contributed by atoms with Crippen molar-refractivity contribution < 1.29 is 17.9 Å². The molecule has 0 saturated carbocycles. The summed E-state index contributed by atoms with van der Waals surface area (Å²) in [5.74, 6) is -0.175. The van der Waals surface area contributed by atoms with Gasteiger partial charge in [-0.05, 0) is 62.2 Å². The molecule has 6 nitrogen and oxygen atoms in total. The van der Waals surface area contributed by atoms with Crippen LogP contribution in [0.5, 0.6) is 5.75 Å². The van der Waals surface area contributed by atoms with Gasteiger partial charge in [0.25, 0.3) is 10.0 Å². The molecule has 0 fully saturated rings. The molecule has 0 bridgehead atoms. The number of nitrogens with zero attached hydrogens (tertiary/aromatic N) is 1. The normalized spacial score (nSPS) is 12.3. The minimum atomic E-state index is -4.07. The van der Waals surface area contributed by atoms with Crippen molar-refractivity contribution in [3.8, 4) is 5.75 Å². The molecule has 8 heteroatoms. The lowest BCUT2D eigenvalue weighted by Gasteiger charge is -2.26. The predicted octanol–water partition coefficient (Wildman–Crippen LogP) is 3.77. The largest absolute Gasteiger partial charge is 0.495 e. The Hall–Kier alpha value is -2.25. The average Bonchev–Trinajstić information content (AvgIpc) is 2.66. The Morgan fingerprint density at radius 3 is 2.43 bits per heavy atom. The lowest BCUT2D eigenvalue weighted by molar-refractivity contribution is -0.120. The summed E-state index contributed by atoms with van der Waals surface area (Å²) in [6, 6.07) is 11.1. The van der Waals surface area contributed by atoms with Crippen molar-refractivity contribution in [1.29, 1.82) is 0 Å². The van der Waals surface area contributed by atoms with Crippen LogP contribution in [0, 0.1) is 6.92 Å². The highest BCUT2D eigenvalue weighted by atomic mass is 35.5. The number of rotatable bonds is 8. The Kier molecular flexibility index (Phi) is 7.32. The summed E-state index contributed by atoms with van der Waals surface area (Å²) in [6.45, 7) is 5.24. The van der Waals surface area contributed by atoms with E-state index in [1.54, 1.807) is 43.3 Å². The zero-order chi connectivity index (χ0) is 20.9. The van der Waals surface area contributed by atoms with E-state index in [4.69, 9.17) is 16.3 Å². The van der Waals surface area contributed by atoms with E-state index in [-0.39, 0.29) is 29.1 Å². The molecule has 0 aliphatic heterocycles. The molecule has 1 atom stereocenters. The van der Waals surface area contributed by atoms with E-state index in [0.717, 1.165) is 16.3 Å². The van der Waals surface area contributed by atoms with Gasteiger partial charge < -0.3 is 10.1 Å². The summed E-state index contributed by atoms with van der Waals surface area (Å²) in [6.07, 6.45) is 0.741. The van der Waals surface area contributed by atoms with Crippen LogP contribution in [0.4, 0.5) is 5.69 Å². The number of hydrogen-bond acceptors (Lipinski definition) is 4. The van der Waals surface area contributed by atoms with Crippen LogP contribution in [0.25, 0.3) is 0 Å². The number of benzene rings is 2. The molecule has 0 unspecified atom stereocenters. The highest BCUT2D eigenvalue weighted by molar-refractivity contribution is 7.93. The lowest BCUT2D eigenvalue weighted by Crippen LogP contribution is -2.43. The minimum Gasteiger partial charge on any atom is -0.495 e. The second-order valence-electron chi connectivity index (χ2n) is 6.52. The van der Waals surface area contributed by atoms with E-state index in [1.165, 1.54) is 13.2 Å². The first kappa shape index (κ1) is 22.0. The van der Waals surface area contributed by atoms with Crippen LogP contribution in [0.2, 0.25) is 5.02 Å². The number of nitrogens with one attached hydrogen (secondary N) is 1. The number of carbonyl (C=O) groups excluding carboxylic acids is 1. The first-order chi connectivity index (χ1) is 13.2. The fraction of sp³-hybridized carbons (Fsp3) is 0.350. The second kappa shape index (κ2) is 9.30. The van der Waals surface area contributed by atoms with Crippen molar-refractivity contribution in [3.05, 3.63) is 53.1 Å². The maximum Gasteiger partial charge on any atom is 0.268 e. The topological polar surface area (TPSA) is 75.7 Å².